The second-order valence-corrected chi connectivity index (χ2v) is 7.22. The molecule has 2 unspecified atom stereocenters. The van der Waals surface area contributed by atoms with Crippen LogP contribution in [-0.4, -0.2) is 10.2 Å². The van der Waals surface area contributed by atoms with Crippen LogP contribution in [0.3, 0.4) is 0 Å². The fraction of sp³-hybridized carbons (Fsp3) is 0.250. The predicted molar refractivity (Wildman–Crippen MR) is 107 cm³/mol. The molecule has 3 rings (SSSR count). The Balaban J connectivity index is 1.72. The zero-order valence-electron chi connectivity index (χ0n) is 15.4. The summed E-state index contributed by atoms with van der Waals surface area (Å²) in [4.78, 5) is 0. The molecule has 2 atom stereocenters. The first-order valence-corrected chi connectivity index (χ1v) is 9.17. The molecule has 0 bridgehead atoms. The lowest BCUT2D eigenvalue weighted by Gasteiger charge is -2.17. The van der Waals surface area contributed by atoms with E-state index in [9.17, 15) is 10.2 Å². The molecule has 3 aromatic rings. The zero-order chi connectivity index (χ0) is 18.5. The summed E-state index contributed by atoms with van der Waals surface area (Å²) in [7, 11) is 0. The van der Waals surface area contributed by atoms with Gasteiger partial charge in [-0.2, -0.15) is 0 Å². The van der Waals surface area contributed by atoms with Gasteiger partial charge in [-0.05, 0) is 71.2 Å². The van der Waals surface area contributed by atoms with E-state index in [1.807, 2.05) is 24.3 Å². The number of benzene rings is 3. The summed E-state index contributed by atoms with van der Waals surface area (Å²) in [6.07, 6.45) is 1.80. The van der Waals surface area contributed by atoms with Crippen molar-refractivity contribution in [2.45, 2.75) is 38.5 Å². The Kier molecular flexibility index (Phi) is 5.62. The highest BCUT2D eigenvalue weighted by molar-refractivity contribution is 5.34. The van der Waals surface area contributed by atoms with Crippen LogP contribution in [0, 0.1) is 0 Å². The van der Waals surface area contributed by atoms with Crippen LogP contribution in [0.2, 0.25) is 0 Å². The van der Waals surface area contributed by atoms with Gasteiger partial charge in [-0.3, -0.25) is 0 Å². The molecule has 0 heterocycles. The number of aromatic hydroxyl groups is 2. The molecular weight excluding hydrogens is 320 g/mol. The molecule has 2 N–H and O–H groups in total. The molecule has 0 amide bonds. The third-order valence-corrected chi connectivity index (χ3v) is 4.95. The standard InChI is InChI=1S/C24H26O2/c1-17(12-19-6-3-10-23(25)14-19)21-8-5-9-22(16-21)18(2)13-20-7-4-11-24(26)15-20/h3-11,14-18,25-26H,12-13H2,1-2H3. The van der Waals surface area contributed by atoms with Crippen LogP contribution in [-0.2, 0) is 12.8 Å². The van der Waals surface area contributed by atoms with Gasteiger partial charge < -0.3 is 10.2 Å². The van der Waals surface area contributed by atoms with E-state index in [-0.39, 0.29) is 0 Å². The second kappa shape index (κ2) is 8.09. The number of rotatable bonds is 6. The van der Waals surface area contributed by atoms with Crippen molar-refractivity contribution in [1.29, 1.82) is 0 Å². The summed E-state index contributed by atoms with van der Waals surface area (Å²) in [6, 6.07) is 23.8. The summed E-state index contributed by atoms with van der Waals surface area (Å²) < 4.78 is 0. The molecule has 0 aliphatic rings. The lowest BCUT2D eigenvalue weighted by Crippen LogP contribution is -2.02. The molecule has 0 spiro atoms. The largest absolute Gasteiger partial charge is 0.508 e. The van der Waals surface area contributed by atoms with Gasteiger partial charge in [0.1, 0.15) is 11.5 Å². The lowest BCUT2D eigenvalue weighted by molar-refractivity contribution is 0.473. The van der Waals surface area contributed by atoms with Crippen molar-refractivity contribution in [3.63, 3.8) is 0 Å². The molecule has 0 aliphatic carbocycles. The van der Waals surface area contributed by atoms with Crippen molar-refractivity contribution in [2.24, 2.45) is 0 Å². The van der Waals surface area contributed by atoms with Crippen LogP contribution in [0.15, 0.2) is 72.8 Å². The van der Waals surface area contributed by atoms with Crippen LogP contribution in [0.5, 0.6) is 11.5 Å². The topological polar surface area (TPSA) is 40.5 Å². The van der Waals surface area contributed by atoms with Gasteiger partial charge in [-0.1, -0.05) is 62.4 Å². The molecule has 26 heavy (non-hydrogen) atoms. The van der Waals surface area contributed by atoms with Gasteiger partial charge in [0, 0.05) is 0 Å². The summed E-state index contributed by atoms with van der Waals surface area (Å²) in [6.45, 7) is 4.45. The van der Waals surface area contributed by atoms with E-state index in [0.717, 1.165) is 24.0 Å². The molecule has 0 radical (unpaired) electrons. The maximum atomic E-state index is 9.66. The highest BCUT2D eigenvalue weighted by atomic mass is 16.3. The van der Waals surface area contributed by atoms with E-state index < -0.39 is 0 Å². The Morgan fingerprint density at radius 3 is 1.46 bits per heavy atom. The van der Waals surface area contributed by atoms with Crippen molar-refractivity contribution in [3.05, 3.63) is 95.1 Å². The maximum Gasteiger partial charge on any atom is 0.115 e. The molecular formula is C24H26O2. The SMILES string of the molecule is CC(Cc1cccc(O)c1)c1cccc(C(C)Cc2cccc(O)c2)c1. The highest BCUT2D eigenvalue weighted by Gasteiger charge is 2.12. The minimum atomic E-state index is 0.322. The van der Waals surface area contributed by atoms with Crippen molar-refractivity contribution in [2.75, 3.05) is 0 Å². The number of hydrogen-bond acceptors (Lipinski definition) is 2. The summed E-state index contributed by atoms with van der Waals surface area (Å²) >= 11 is 0. The van der Waals surface area contributed by atoms with E-state index >= 15 is 0 Å². The first-order valence-electron chi connectivity index (χ1n) is 9.17. The van der Waals surface area contributed by atoms with Crippen molar-refractivity contribution < 1.29 is 10.2 Å². The van der Waals surface area contributed by atoms with Gasteiger partial charge in [0.05, 0.1) is 0 Å². The molecule has 0 saturated carbocycles. The number of hydrogen-bond donors (Lipinski definition) is 2. The number of phenolic OH excluding ortho intramolecular Hbond substituents is 2. The molecule has 0 fully saturated rings. The van der Waals surface area contributed by atoms with Crippen LogP contribution >= 0.6 is 0 Å². The van der Waals surface area contributed by atoms with Crippen LogP contribution in [0.1, 0.15) is 47.9 Å². The molecule has 2 nitrogen and oxygen atoms in total. The van der Waals surface area contributed by atoms with E-state index in [4.69, 9.17) is 0 Å². The molecule has 0 saturated heterocycles. The third kappa shape index (κ3) is 4.66. The normalized spacial score (nSPS) is 13.3. The molecule has 3 aromatic carbocycles. The summed E-state index contributed by atoms with van der Waals surface area (Å²) in [5.74, 6) is 1.40. The van der Waals surface area contributed by atoms with Gasteiger partial charge in [0.25, 0.3) is 0 Å². The second-order valence-electron chi connectivity index (χ2n) is 7.22. The van der Waals surface area contributed by atoms with Gasteiger partial charge in [-0.15, -0.1) is 0 Å². The van der Waals surface area contributed by atoms with E-state index in [1.165, 1.54) is 11.1 Å². The van der Waals surface area contributed by atoms with Crippen molar-refractivity contribution >= 4 is 0 Å². The van der Waals surface area contributed by atoms with Crippen LogP contribution in [0.4, 0.5) is 0 Å². The molecule has 0 aromatic heterocycles. The Bertz CT molecular complexity index is 801. The van der Waals surface area contributed by atoms with Crippen LogP contribution in [0.25, 0.3) is 0 Å². The van der Waals surface area contributed by atoms with Crippen molar-refractivity contribution in [1.82, 2.24) is 0 Å². The monoisotopic (exact) mass is 346 g/mol. The van der Waals surface area contributed by atoms with Gasteiger partial charge in [0.2, 0.25) is 0 Å². The Hall–Kier alpha value is -2.74. The Morgan fingerprint density at radius 2 is 1.04 bits per heavy atom. The zero-order valence-corrected chi connectivity index (χ0v) is 15.4. The van der Waals surface area contributed by atoms with Crippen LogP contribution < -0.4 is 0 Å². The summed E-state index contributed by atoms with van der Waals surface area (Å²) in [5, 5.41) is 19.3. The first kappa shape index (κ1) is 18.1. The average Bonchev–Trinajstić information content (AvgIpc) is 2.62. The Morgan fingerprint density at radius 1 is 0.615 bits per heavy atom. The molecule has 0 aliphatic heterocycles. The number of phenols is 2. The smallest absolute Gasteiger partial charge is 0.115 e. The van der Waals surface area contributed by atoms with E-state index in [2.05, 4.69) is 50.2 Å². The van der Waals surface area contributed by atoms with Gasteiger partial charge >= 0.3 is 0 Å². The highest BCUT2D eigenvalue weighted by Crippen LogP contribution is 2.27. The molecule has 134 valence electrons. The summed E-state index contributed by atoms with van der Waals surface area (Å²) in [5.41, 5.74) is 4.92. The first-order chi connectivity index (χ1) is 12.5. The van der Waals surface area contributed by atoms with E-state index in [1.54, 1.807) is 12.1 Å². The minimum Gasteiger partial charge on any atom is -0.508 e. The Labute approximate surface area is 155 Å². The minimum absolute atomic E-state index is 0.322. The fourth-order valence-corrected chi connectivity index (χ4v) is 3.48. The predicted octanol–water partition coefficient (Wildman–Crippen LogP) is 5.79. The third-order valence-electron chi connectivity index (χ3n) is 4.95. The lowest BCUT2D eigenvalue weighted by atomic mass is 9.88. The fourth-order valence-electron chi connectivity index (χ4n) is 3.48. The van der Waals surface area contributed by atoms with E-state index in [0.29, 0.717) is 23.3 Å². The molecule has 2 heteroatoms. The van der Waals surface area contributed by atoms with Crippen molar-refractivity contribution in [3.8, 4) is 11.5 Å². The van der Waals surface area contributed by atoms with Gasteiger partial charge in [-0.25, -0.2) is 0 Å². The maximum absolute atomic E-state index is 9.66. The quantitative estimate of drug-likeness (QED) is 0.593. The average molecular weight is 346 g/mol. The van der Waals surface area contributed by atoms with Gasteiger partial charge in [0.15, 0.2) is 0 Å².